The number of rotatable bonds is 5. The highest BCUT2D eigenvalue weighted by Gasteiger charge is 2.21. The van der Waals surface area contributed by atoms with E-state index >= 15 is 0 Å². The highest BCUT2D eigenvalue weighted by Crippen LogP contribution is 2.34. The largest absolute Gasteiger partial charge is 0.159 e. The molecule has 0 aliphatic heterocycles. The van der Waals surface area contributed by atoms with Crippen molar-refractivity contribution >= 4 is 11.8 Å². The third kappa shape index (κ3) is 5.08. The highest BCUT2D eigenvalue weighted by molar-refractivity contribution is 7.99. The van der Waals surface area contributed by atoms with Crippen molar-refractivity contribution in [1.82, 2.24) is 0 Å². The first kappa shape index (κ1) is 12.3. The molecule has 0 heterocycles. The van der Waals surface area contributed by atoms with Crippen molar-refractivity contribution in [2.75, 3.05) is 6.26 Å². The van der Waals surface area contributed by atoms with Gasteiger partial charge in [0, 0.05) is 4.75 Å². The Morgan fingerprint density at radius 1 is 1.00 bits per heavy atom. The molecule has 0 unspecified atom stereocenters. The monoisotopic (exact) mass is 188 g/mol. The summed E-state index contributed by atoms with van der Waals surface area (Å²) in [7, 11) is 0. The third-order valence-corrected chi connectivity index (χ3v) is 4.22. The van der Waals surface area contributed by atoms with Gasteiger partial charge in [0.2, 0.25) is 0 Å². The van der Waals surface area contributed by atoms with E-state index in [0.717, 1.165) is 0 Å². The molecule has 0 aliphatic carbocycles. The van der Waals surface area contributed by atoms with Crippen molar-refractivity contribution in [2.24, 2.45) is 5.41 Å². The van der Waals surface area contributed by atoms with Crippen molar-refractivity contribution in [3.63, 3.8) is 0 Å². The molecule has 0 N–H and O–H groups in total. The number of hydrogen-bond donors (Lipinski definition) is 0. The van der Waals surface area contributed by atoms with E-state index in [2.05, 4.69) is 40.9 Å². The fraction of sp³-hybridized carbons (Fsp3) is 1.00. The van der Waals surface area contributed by atoms with Gasteiger partial charge in [0.05, 0.1) is 0 Å². The maximum absolute atomic E-state index is 2.36. The van der Waals surface area contributed by atoms with E-state index in [-0.39, 0.29) is 0 Å². The quantitative estimate of drug-likeness (QED) is 0.618. The van der Waals surface area contributed by atoms with Crippen LogP contribution in [0.4, 0.5) is 0 Å². The standard InChI is InChI=1S/C11H24S/c1-7-10(2,3)8-9-11(4,5)12-6/h7-9H2,1-6H3. The van der Waals surface area contributed by atoms with Gasteiger partial charge in [-0.2, -0.15) is 11.8 Å². The van der Waals surface area contributed by atoms with Crippen LogP contribution >= 0.6 is 11.8 Å². The lowest BCUT2D eigenvalue weighted by Gasteiger charge is -2.29. The van der Waals surface area contributed by atoms with Gasteiger partial charge in [-0.15, -0.1) is 0 Å². The zero-order valence-corrected chi connectivity index (χ0v) is 10.3. The highest BCUT2D eigenvalue weighted by atomic mass is 32.2. The van der Waals surface area contributed by atoms with Crippen molar-refractivity contribution in [3.05, 3.63) is 0 Å². The van der Waals surface area contributed by atoms with Gasteiger partial charge >= 0.3 is 0 Å². The molecule has 0 radical (unpaired) electrons. The first-order chi connectivity index (χ1) is 5.33. The lowest BCUT2D eigenvalue weighted by atomic mass is 9.83. The van der Waals surface area contributed by atoms with Crippen molar-refractivity contribution in [2.45, 2.75) is 58.6 Å². The molecule has 0 saturated heterocycles. The third-order valence-electron chi connectivity index (χ3n) is 2.91. The van der Waals surface area contributed by atoms with Crippen molar-refractivity contribution in [3.8, 4) is 0 Å². The second-order valence-electron chi connectivity index (χ2n) is 4.98. The Morgan fingerprint density at radius 2 is 1.50 bits per heavy atom. The zero-order chi connectivity index (χ0) is 9.83. The Balaban J connectivity index is 3.82. The molecule has 0 saturated carbocycles. The summed E-state index contributed by atoms with van der Waals surface area (Å²) in [6.07, 6.45) is 6.17. The van der Waals surface area contributed by atoms with E-state index < -0.39 is 0 Å². The Kier molecular flexibility index (Phi) is 4.68. The first-order valence-corrected chi connectivity index (χ1v) is 6.10. The summed E-state index contributed by atoms with van der Waals surface area (Å²) < 4.78 is 0.465. The van der Waals surface area contributed by atoms with Crippen LogP contribution in [0.1, 0.15) is 53.9 Å². The Hall–Kier alpha value is 0.350. The van der Waals surface area contributed by atoms with Crippen LogP contribution in [0, 0.1) is 5.41 Å². The van der Waals surface area contributed by atoms with Crippen LogP contribution in [0.3, 0.4) is 0 Å². The van der Waals surface area contributed by atoms with E-state index in [9.17, 15) is 0 Å². The van der Waals surface area contributed by atoms with Crippen LogP contribution in [0.25, 0.3) is 0 Å². The summed E-state index contributed by atoms with van der Waals surface area (Å²) >= 11 is 1.98. The van der Waals surface area contributed by atoms with Gasteiger partial charge in [-0.3, -0.25) is 0 Å². The van der Waals surface area contributed by atoms with E-state index in [0.29, 0.717) is 10.2 Å². The van der Waals surface area contributed by atoms with Crippen LogP contribution in [0.15, 0.2) is 0 Å². The van der Waals surface area contributed by atoms with Crippen LogP contribution in [0.2, 0.25) is 0 Å². The molecular weight excluding hydrogens is 164 g/mol. The summed E-state index contributed by atoms with van der Waals surface area (Å²) in [5.74, 6) is 0. The van der Waals surface area contributed by atoms with Crippen molar-refractivity contribution in [1.29, 1.82) is 0 Å². The van der Waals surface area contributed by atoms with E-state index in [1.54, 1.807) is 0 Å². The minimum atomic E-state index is 0.465. The summed E-state index contributed by atoms with van der Waals surface area (Å²) in [5, 5.41) is 0. The summed E-state index contributed by atoms with van der Waals surface area (Å²) in [4.78, 5) is 0. The minimum absolute atomic E-state index is 0.465. The molecule has 0 atom stereocenters. The fourth-order valence-electron chi connectivity index (χ4n) is 0.918. The predicted molar refractivity (Wildman–Crippen MR) is 60.9 cm³/mol. The van der Waals surface area contributed by atoms with E-state index in [1.807, 2.05) is 11.8 Å². The molecule has 0 nitrogen and oxygen atoms in total. The molecule has 12 heavy (non-hydrogen) atoms. The molecule has 0 aliphatic rings. The van der Waals surface area contributed by atoms with Gasteiger partial charge in [-0.05, 0) is 24.5 Å². The molecule has 0 aromatic heterocycles. The van der Waals surface area contributed by atoms with Gasteiger partial charge in [0.25, 0.3) is 0 Å². The molecule has 0 aromatic carbocycles. The topological polar surface area (TPSA) is 0 Å². The summed E-state index contributed by atoms with van der Waals surface area (Å²) in [5.41, 5.74) is 0.535. The maximum atomic E-state index is 2.36. The Morgan fingerprint density at radius 3 is 1.83 bits per heavy atom. The molecular formula is C11H24S. The Bertz CT molecular complexity index is 109. The minimum Gasteiger partial charge on any atom is -0.159 e. The predicted octanol–water partition coefficient (Wildman–Crippen LogP) is 4.34. The summed E-state index contributed by atoms with van der Waals surface area (Å²) in [6.45, 7) is 11.7. The van der Waals surface area contributed by atoms with Gasteiger partial charge in [-0.25, -0.2) is 0 Å². The lowest BCUT2D eigenvalue weighted by Crippen LogP contribution is -2.19. The second-order valence-corrected chi connectivity index (χ2v) is 6.50. The smallest absolute Gasteiger partial charge is 0.0101 e. The zero-order valence-electron chi connectivity index (χ0n) is 9.53. The molecule has 0 fully saturated rings. The molecule has 0 bridgehead atoms. The van der Waals surface area contributed by atoms with Gasteiger partial charge < -0.3 is 0 Å². The van der Waals surface area contributed by atoms with Crippen LogP contribution < -0.4 is 0 Å². The van der Waals surface area contributed by atoms with Crippen LogP contribution in [-0.4, -0.2) is 11.0 Å². The number of hydrogen-bond acceptors (Lipinski definition) is 1. The molecule has 0 aromatic rings. The molecule has 0 amide bonds. The maximum Gasteiger partial charge on any atom is 0.0101 e. The SMILES string of the molecule is CCC(C)(C)CCC(C)(C)SC. The normalized spacial score (nSPS) is 13.5. The van der Waals surface area contributed by atoms with Gasteiger partial charge in [0.15, 0.2) is 0 Å². The average molecular weight is 188 g/mol. The lowest BCUT2D eigenvalue weighted by molar-refractivity contribution is 0.301. The van der Waals surface area contributed by atoms with E-state index in [4.69, 9.17) is 0 Å². The molecule has 1 heteroatoms. The average Bonchev–Trinajstić information content (AvgIpc) is 2.02. The Labute approximate surface area is 82.5 Å². The van der Waals surface area contributed by atoms with Crippen molar-refractivity contribution < 1.29 is 0 Å². The molecule has 74 valence electrons. The number of thioether (sulfide) groups is 1. The van der Waals surface area contributed by atoms with E-state index in [1.165, 1.54) is 19.3 Å². The second kappa shape index (κ2) is 4.55. The van der Waals surface area contributed by atoms with Crippen LogP contribution in [0.5, 0.6) is 0 Å². The van der Waals surface area contributed by atoms with Gasteiger partial charge in [-0.1, -0.05) is 41.0 Å². The van der Waals surface area contributed by atoms with Gasteiger partial charge in [0.1, 0.15) is 0 Å². The summed E-state index contributed by atoms with van der Waals surface area (Å²) in [6, 6.07) is 0. The first-order valence-electron chi connectivity index (χ1n) is 4.88. The molecule has 0 spiro atoms. The van der Waals surface area contributed by atoms with Crippen LogP contribution in [-0.2, 0) is 0 Å². The fourth-order valence-corrected chi connectivity index (χ4v) is 1.22. The molecule has 0 rings (SSSR count).